The Hall–Kier alpha value is -0.790. The van der Waals surface area contributed by atoms with Crippen molar-refractivity contribution in [2.45, 2.75) is 52.9 Å². The Morgan fingerprint density at radius 2 is 2.00 bits per heavy atom. The minimum absolute atomic E-state index is 0.267. The molecule has 0 aromatic heterocycles. The summed E-state index contributed by atoms with van der Waals surface area (Å²) in [5, 5.41) is 0. The highest BCUT2D eigenvalue weighted by molar-refractivity contribution is 5.86. The van der Waals surface area contributed by atoms with Gasteiger partial charge < -0.3 is 4.74 Å². The Morgan fingerprint density at radius 3 is 2.53 bits per heavy atom. The van der Waals surface area contributed by atoms with Crippen molar-refractivity contribution >= 4 is 5.97 Å². The number of unbranched alkanes of at least 4 members (excludes halogenated alkanes) is 2. The van der Waals surface area contributed by atoms with E-state index in [1.807, 2.05) is 0 Å². The van der Waals surface area contributed by atoms with Crippen molar-refractivity contribution in [2.24, 2.45) is 5.92 Å². The van der Waals surface area contributed by atoms with E-state index in [1.165, 1.54) is 19.3 Å². The third-order valence-electron chi connectivity index (χ3n) is 2.62. The second kappa shape index (κ2) is 8.51. The van der Waals surface area contributed by atoms with Gasteiger partial charge >= 0.3 is 5.97 Å². The number of ether oxygens (including phenoxy) is 1. The van der Waals surface area contributed by atoms with Crippen LogP contribution >= 0.6 is 0 Å². The van der Waals surface area contributed by atoms with Crippen LogP contribution in [0.5, 0.6) is 0 Å². The number of carbonyl (C=O) groups is 1. The summed E-state index contributed by atoms with van der Waals surface area (Å²) in [6.45, 7) is 10.2. The molecule has 0 aliphatic heterocycles. The van der Waals surface area contributed by atoms with Gasteiger partial charge in [-0.3, -0.25) is 0 Å². The third kappa shape index (κ3) is 8.22. The summed E-state index contributed by atoms with van der Waals surface area (Å²) in [6, 6.07) is 0. The summed E-state index contributed by atoms with van der Waals surface area (Å²) in [5.41, 5.74) is 0.481. The van der Waals surface area contributed by atoms with E-state index in [1.54, 1.807) is 6.92 Å². The molecule has 0 saturated heterocycles. The molecule has 0 heterocycles. The molecule has 1 unspecified atom stereocenters. The molecule has 15 heavy (non-hydrogen) atoms. The van der Waals surface area contributed by atoms with Gasteiger partial charge in [0.1, 0.15) is 0 Å². The first-order chi connectivity index (χ1) is 7.07. The van der Waals surface area contributed by atoms with Gasteiger partial charge in [0.25, 0.3) is 0 Å². The van der Waals surface area contributed by atoms with Crippen molar-refractivity contribution in [3.63, 3.8) is 0 Å². The van der Waals surface area contributed by atoms with E-state index in [0.29, 0.717) is 12.2 Å². The molecule has 0 amide bonds. The van der Waals surface area contributed by atoms with Crippen molar-refractivity contribution in [1.29, 1.82) is 0 Å². The van der Waals surface area contributed by atoms with Crippen LogP contribution in [0.4, 0.5) is 0 Å². The molecule has 0 rings (SSSR count). The van der Waals surface area contributed by atoms with Crippen molar-refractivity contribution in [1.82, 2.24) is 0 Å². The van der Waals surface area contributed by atoms with Gasteiger partial charge in [0.2, 0.25) is 0 Å². The Bertz CT molecular complexity index is 197. The highest BCUT2D eigenvalue weighted by Crippen LogP contribution is 2.12. The second-order valence-corrected chi connectivity index (χ2v) is 4.28. The smallest absolute Gasteiger partial charge is 0.333 e. The average molecular weight is 212 g/mol. The second-order valence-electron chi connectivity index (χ2n) is 4.28. The molecular formula is C13H24O2. The van der Waals surface area contributed by atoms with Crippen LogP contribution in [-0.4, -0.2) is 12.6 Å². The Morgan fingerprint density at radius 1 is 1.33 bits per heavy atom. The summed E-state index contributed by atoms with van der Waals surface area (Å²) < 4.78 is 5.00. The molecule has 0 spiro atoms. The Balaban J connectivity index is 3.25. The predicted octanol–water partition coefficient (Wildman–Crippen LogP) is 3.71. The topological polar surface area (TPSA) is 26.3 Å². The lowest BCUT2D eigenvalue weighted by atomic mass is 10.0. The molecule has 0 radical (unpaired) electrons. The standard InChI is InChI=1S/C13H24O2/c1-5-12(4)9-7-6-8-10-15-13(14)11(2)3/h12H,2,5-10H2,1,3-4H3. The molecule has 0 aromatic rings. The maximum Gasteiger partial charge on any atom is 0.333 e. The lowest BCUT2D eigenvalue weighted by Crippen LogP contribution is -2.06. The van der Waals surface area contributed by atoms with E-state index >= 15 is 0 Å². The van der Waals surface area contributed by atoms with E-state index in [2.05, 4.69) is 20.4 Å². The molecule has 2 nitrogen and oxygen atoms in total. The zero-order valence-electron chi connectivity index (χ0n) is 10.3. The largest absolute Gasteiger partial charge is 0.462 e. The van der Waals surface area contributed by atoms with Gasteiger partial charge in [-0.25, -0.2) is 4.79 Å². The van der Waals surface area contributed by atoms with Crippen LogP contribution in [0, 0.1) is 5.92 Å². The zero-order chi connectivity index (χ0) is 11.7. The Kier molecular flexibility index (Phi) is 8.06. The summed E-state index contributed by atoms with van der Waals surface area (Å²) in [6.07, 6.45) is 5.89. The highest BCUT2D eigenvalue weighted by atomic mass is 16.5. The lowest BCUT2D eigenvalue weighted by Gasteiger charge is -2.07. The first-order valence-electron chi connectivity index (χ1n) is 5.90. The fourth-order valence-corrected chi connectivity index (χ4v) is 1.26. The first kappa shape index (κ1) is 14.2. The fourth-order valence-electron chi connectivity index (χ4n) is 1.26. The van der Waals surface area contributed by atoms with Crippen molar-refractivity contribution in [2.75, 3.05) is 6.61 Å². The molecule has 0 fully saturated rings. The zero-order valence-corrected chi connectivity index (χ0v) is 10.3. The van der Waals surface area contributed by atoms with Gasteiger partial charge in [0, 0.05) is 5.57 Å². The summed E-state index contributed by atoms with van der Waals surface area (Å²) >= 11 is 0. The van der Waals surface area contributed by atoms with Crippen molar-refractivity contribution in [3.8, 4) is 0 Å². The van der Waals surface area contributed by atoms with E-state index in [0.717, 1.165) is 18.8 Å². The minimum atomic E-state index is -0.267. The summed E-state index contributed by atoms with van der Waals surface area (Å²) in [5.74, 6) is 0.555. The lowest BCUT2D eigenvalue weighted by molar-refractivity contribution is -0.139. The van der Waals surface area contributed by atoms with E-state index in [-0.39, 0.29) is 5.97 Å². The fraction of sp³-hybridized carbons (Fsp3) is 0.769. The van der Waals surface area contributed by atoms with Crippen LogP contribution in [-0.2, 0) is 9.53 Å². The quantitative estimate of drug-likeness (QED) is 0.348. The van der Waals surface area contributed by atoms with Gasteiger partial charge in [-0.1, -0.05) is 46.1 Å². The molecule has 0 aliphatic carbocycles. The van der Waals surface area contributed by atoms with Crippen molar-refractivity contribution in [3.05, 3.63) is 12.2 Å². The Labute approximate surface area is 93.7 Å². The molecule has 0 aromatic carbocycles. The molecule has 0 aliphatic rings. The van der Waals surface area contributed by atoms with Gasteiger partial charge in [0.05, 0.1) is 6.61 Å². The average Bonchev–Trinajstić information content (AvgIpc) is 2.22. The normalized spacial score (nSPS) is 12.2. The number of hydrogen-bond acceptors (Lipinski definition) is 2. The molecule has 0 N–H and O–H groups in total. The molecule has 2 heteroatoms. The van der Waals surface area contributed by atoms with Crippen LogP contribution in [0.1, 0.15) is 52.9 Å². The SMILES string of the molecule is C=C(C)C(=O)OCCCCCC(C)CC. The maximum absolute atomic E-state index is 11.0. The van der Waals surface area contributed by atoms with Gasteiger partial charge in [-0.2, -0.15) is 0 Å². The van der Waals surface area contributed by atoms with Crippen LogP contribution in [0.25, 0.3) is 0 Å². The summed E-state index contributed by atoms with van der Waals surface area (Å²) in [4.78, 5) is 11.0. The van der Waals surface area contributed by atoms with Crippen LogP contribution in [0.3, 0.4) is 0 Å². The third-order valence-corrected chi connectivity index (χ3v) is 2.62. The molecule has 0 saturated carbocycles. The van der Waals surface area contributed by atoms with Crippen LogP contribution in [0.2, 0.25) is 0 Å². The predicted molar refractivity (Wildman–Crippen MR) is 63.7 cm³/mol. The molecule has 0 bridgehead atoms. The van der Waals surface area contributed by atoms with E-state index in [4.69, 9.17) is 4.74 Å². The first-order valence-corrected chi connectivity index (χ1v) is 5.90. The molecule has 1 atom stereocenters. The van der Waals surface area contributed by atoms with Crippen molar-refractivity contribution < 1.29 is 9.53 Å². The van der Waals surface area contributed by atoms with Crippen LogP contribution < -0.4 is 0 Å². The van der Waals surface area contributed by atoms with Gasteiger partial charge in [-0.15, -0.1) is 0 Å². The number of esters is 1. The molecule has 88 valence electrons. The highest BCUT2D eigenvalue weighted by Gasteiger charge is 2.02. The summed E-state index contributed by atoms with van der Waals surface area (Å²) in [7, 11) is 0. The van der Waals surface area contributed by atoms with E-state index in [9.17, 15) is 4.79 Å². The number of carbonyl (C=O) groups excluding carboxylic acids is 1. The maximum atomic E-state index is 11.0. The van der Waals surface area contributed by atoms with Gasteiger partial charge in [-0.05, 0) is 19.3 Å². The number of hydrogen-bond donors (Lipinski definition) is 0. The molecular weight excluding hydrogens is 188 g/mol. The van der Waals surface area contributed by atoms with Gasteiger partial charge in [0.15, 0.2) is 0 Å². The van der Waals surface area contributed by atoms with E-state index < -0.39 is 0 Å². The minimum Gasteiger partial charge on any atom is -0.462 e. The number of rotatable bonds is 8. The monoisotopic (exact) mass is 212 g/mol. The van der Waals surface area contributed by atoms with Crippen LogP contribution in [0.15, 0.2) is 12.2 Å².